The fraction of sp³-hybridized carbons (Fsp3) is 0.111. The van der Waals surface area contributed by atoms with Crippen LogP contribution in [0.4, 0.5) is 68.2 Å². The number of benzene rings is 12. The zero-order valence-corrected chi connectivity index (χ0v) is 53.2. The monoisotopic (exact) mass is 1230 g/mol. The largest absolute Gasteiger partial charge is 0.497 e. The van der Waals surface area contributed by atoms with Crippen molar-refractivity contribution in [3.8, 4) is 79.4 Å². The SMILES string of the molecule is COc1ccc(N(c2ccc(OC)cc2)c2ccc3c(c2)Cc2cc(N(c4ccc(OC)cc4)c4ccc(OC)cc4)ccc2-c2ccc(N(c4ccc(OC)cc4)c4ccc(OC)cc4)cc2-c2cc(N(c4ccc(OC)cc4)c4ccc(OC)cc4)ccc2-3)cc1. The molecule has 13 rings (SSSR count). The van der Waals surface area contributed by atoms with Crippen LogP contribution >= 0.6 is 0 Å². The number of ether oxygens (including phenoxy) is 8. The van der Waals surface area contributed by atoms with Crippen molar-refractivity contribution in [1.82, 2.24) is 0 Å². The Morgan fingerprint density at radius 1 is 0.172 bits per heavy atom. The molecule has 0 amide bonds. The summed E-state index contributed by atoms with van der Waals surface area (Å²) in [5.74, 6) is 6.09. The summed E-state index contributed by atoms with van der Waals surface area (Å²) in [5.41, 5.74) is 20.0. The van der Waals surface area contributed by atoms with Gasteiger partial charge in [0.2, 0.25) is 0 Å². The highest BCUT2D eigenvalue weighted by Crippen LogP contribution is 2.51. The van der Waals surface area contributed by atoms with Gasteiger partial charge in [0.05, 0.1) is 56.9 Å². The first-order valence-corrected chi connectivity index (χ1v) is 30.6. The van der Waals surface area contributed by atoms with Gasteiger partial charge in [0.15, 0.2) is 0 Å². The molecule has 93 heavy (non-hydrogen) atoms. The van der Waals surface area contributed by atoms with E-state index in [0.29, 0.717) is 6.42 Å². The van der Waals surface area contributed by atoms with Crippen LogP contribution in [0.5, 0.6) is 46.0 Å². The zero-order chi connectivity index (χ0) is 64.0. The lowest BCUT2D eigenvalue weighted by atomic mass is 9.88. The van der Waals surface area contributed by atoms with Gasteiger partial charge in [-0.3, -0.25) is 0 Å². The van der Waals surface area contributed by atoms with Crippen molar-refractivity contribution in [2.24, 2.45) is 0 Å². The summed E-state index contributed by atoms with van der Waals surface area (Å²) in [4.78, 5) is 9.15. The van der Waals surface area contributed by atoms with Crippen LogP contribution in [-0.2, 0) is 6.42 Å². The van der Waals surface area contributed by atoms with E-state index >= 15 is 0 Å². The van der Waals surface area contributed by atoms with Crippen molar-refractivity contribution < 1.29 is 37.9 Å². The molecule has 0 atom stereocenters. The van der Waals surface area contributed by atoms with Crippen LogP contribution in [0.15, 0.2) is 267 Å². The first kappa shape index (κ1) is 60.2. The predicted molar refractivity (Wildman–Crippen MR) is 377 cm³/mol. The smallest absolute Gasteiger partial charge is 0.119 e. The number of fused-ring (bicyclic) bond motifs is 7. The fourth-order valence-corrected chi connectivity index (χ4v) is 12.4. The molecule has 462 valence electrons. The van der Waals surface area contributed by atoms with Gasteiger partial charge in [-0.05, 0) is 294 Å². The normalized spacial score (nSPS) is 11.2. The van der Waals surface area contributed by atoms with E-state index in [1.165, 1.54) is 0 Å². The Balaban J connectivity index is 1.11. The third kappa shape index (κ3) is 12.3. The van der Waals surface area contributed by atoms with Gasteiger partial charge in [-0.15, -0.1) is 0 Å². The first-order chi connectivity index (χ1) is 45.7. The summed E-state index contributed by atoms with van der Waals surface area (Å²) in [5, 5.41) is 0. The third-order valence-electron chi connectivity index (χ3n) is 17.1. The maximum Gasteiger partial charge on any atom is 0.119 e. The zero-order valence-electron chi connectivity index (χ0n) is 53.2. The van der Waals surface area contributed by atoms with Crippen molar-refractivity contribution >= 4 is 68.2 Å². The predicted octanol–water partition coefficient (Wildman–Crippen LogP) is 20.5. The summed E-state index contributed by atoms with van der Waals surface area (Å²) >= 11 is 0. The number of hydrogen-bond acceptors (Lipinski definition) is 12. The highest BCUT2D eigenvalue weighted by atomic mass is 16.5. The standard InChI is InChI=1S/C81H70N4O8/c1-86-68-29-9-56(10-30-68)82(57-11-31-69(87-2)32-12-57)64-25-45-76-54(50-64)49-55-51-65(83(58-13-33-70(88-3)34-14-58)59-15-35-71(89-4)36-16-59)26-46-77(55)79-48-28-67(85(62-21-41-74(92-7)42-22-62)63-23-43-75(93-8)44-24-63)53-81(79)80-52-66(27-47-78(76)80)84(60-17-37-72(90-5)38-18-60)61-19-39-73(91-6)40-20-61/h9-48,50-53H,49H2,1-8H3. The Morgan fingerprint density at radius 3 is 0.516 bits per heavy atom. The molecular formula is C81H70N4O8. The Bertz CT molecular complexity index is 4060. The molecule has 0 N–H and O–H groups in total. The number of rotatable bonds is 20. The molecule has 12 aromatic carbocycles. The van der Waals surface area contributed by atoms with Crippen molar-refractivity contribution in [3.63, 3.8) is 0 Å². The Hall–Kier alpha value is -11.8. The van der Waals surface area contributed by atoms with Crippen molar-refractivity contribution in [2.75, 3.05) is 76.5 Å². The Labute approximate surface area is 543 Å². The molecule has 0 bridgehead atoms. The Morgan fingerprint density at radius 2 is 0.333 bits per heavy atom. The molecule has 0 saturated carbocycles. The topological polar surface area (TPSA) is 86.8 Å². The lowest BCUT2D eigenvalue weighted by molar-refractivity contribution is 0.414. The molecule has 1 aliphatic rings. The molecule has 12 nitrogen and oxygen atoms in total. The highest BCUT2D eigenvalue weighted by Gasteiger charge is 2.28. The minimum Gasteiger partial charge on any atom is -0.497 e. The lowest BCUT2D eigenvalue weighted by Crippen LogP contribution is -2.11. The van der Waals surface area contributed by atoms with Gasteiger partial charge in [0.25, 0.3) is 0 Å². The number of nitrogens with zero attached hydrogens (tertiary/aromatic N) is 4. The van der Waals surface area contributed by atoms with E-state index in [1.807, 2.05) is 97.1 Å². The summed E-state index contributed by atoms with van der Waals surface area (Å²) in [6, 6.07) is 93.2. The number of hydrogen-bond donors (Lipinski definition) is 0. The van der Waals surface area contributed by atoms with Crippen LogP contribution in [0.1, 0.15) is 11.1 Å². The van der Waals surface area contributed by atoms with Crippen LogP contribution < -0.4 is 57.5 Å². The van der Waals surface area contributed by atoms with Crippen LogP contribution in [0, 0.1) is 0 Å². The first-order valence-electron chi connectivity index (χ1n) is 30.6. The molecule has 0 aromatic heterocycles. The van der Waals surface area contributed by atoms with E-state index in [4.69, 9.17) is 37.9 Å². The van der Waals surface area contributed by atoms with Gasteiger partial charge in [0, 0.05) is 68.2 Å². The minimum absolute atomic E-state index is 0.542. The van der Waals surface area contributed by atoms with E-state index in [-0.39, 0.29) is 0 Å². The molecular weight excluding hydrogens is 1160 g/mol. The second-order valence-electron chi connectivity index (χ2n) is 22.2. The molecule has 0 fully saturated rings. The highest BCUT2D eigenvalue weighted by molar-refractivity contribution is 6.00. The third-order valence-corrected chi connectivity index (χ3v) is 17.1. The summed E-state index contributed by atoms with van der Waals surface area (Å²) in [6.07, 6.45) is 0.542. The van der Waals surface area contributed by atoms with E-state index in [0.717, 1.165) is 159 Å². The van der Waals surface area contributed by atoms with E-state index in [9.17, 15) is 0 Å². The molecule has 0 radical (unpaired) electrons. The van der Waals surface area contributed by atoms with Gasteiger partial charge >= 0.3 is 0 Å². The van der Waals surface area contributed by atoms with Gasteiger partial charge in [0.1, 0.15) is 46.0 Å². The Kier molecular flexibility index (Phi) is 17.3. The molecule has 0 aliphatic heterocycles. The maximum atomic E-state index is 5.72. The van der Waals surface area contributed by atoms with Gasteiger partial charge < -0.3 is 57.5 Å². The summed E-state index contributed by atoms with van der Waals surface area (Å²) < 4.78 is 45.7. The molecule has 0 unspecified atom stereocenters. The van der Waals surface area contributed by atoms with Gasteiger partial charge in [-0.1, -0.05) is 24.3 Å². The van der Waals surface area contributed by atoms with E-state index in [2.05, 4.69) is 189 Å². The number of anilines is 12. The summed E-state index contributed by atoms with van der Waals surface area (Å²) in [6.45, 7) is 0. The second-order valence-corrected chi connectivity index (χ2v) is 22.2. The van der Waals surface area contributed by atoms with Gasteiger partial charge in [-0.2, -0.15) is 0 Å². The molecule has 0 saturated heterocycles. The number of methoxy groups -OCH3 is 8. The van der Waals surface area contributed by atoms with E-state index in [1.54, 1.807) is 56.9 Å². The van der Waals surface area contributed by atoms with Crippen molar-refractivity contribution in [3.05, 3.63) is 278 Å². The fourth-order valence-electron chi connectivity index (χ4n) is 12.4. The van der Waals surface area contributed by atoms with Crippen molar-refractivity contribution in [1.29, 1.82) is 0 Å². The van der Waals surface area contributed by atoms with Crippen LogP contribution in [0.3, 0.4) is 0 Å². The second kappa shape index (κ2) is 26.7. The van der Waals surface area contributed by atoms with E-state index < -0.39 is 0 Å². The average molecular weight is 1230 g/mol. The summed E-state index contributed by atoms with van der Waals surface area (Å²) in [7, 11) is 13.5. The molecule has 0 heterocycles. The molecule has 0 spiro atoms. The average Bonchev–Trinajstić information content (AvgIpc) is 1.74. The lowest BCUT2D eigenvalue weighted by Gasteiger charge is -2.29. The quantitative estimate of drug-likeness (QED) is 0.0728. The molecule has 12 aromatic rings. The van der Waals surface area contributed by atoms with Crippen LogP contribution in [-0.4, -0.2) is 56.9 Å². The molecule has 1 aliphatic carbocycles. The van der Waals surface area contributed by atoms with Crippen LogP contribution in [0.2, 0.25) is 0 Å². The van der Waals surface area contributed by atoms with Crippen LogP contribution in [0.25, 0.3) is 33.4 Å². The van der Waals surface area contributed by atoms with Crippen molar-refractivity contribution in [2.45, 2.75) is 6.42 Å². The van der Waals surface area contributed by atoms with Gasteiger partial charge in [-0.25, -0.2) is 0 Å². The minimum atomic E-state index is 0.542. The molecule has 12 heteroatoms. The maximum absolute atomic E-state index is 5.72.